The van der Waals surface area contributed by atoms with E-state index < -0.39 is 0 Å². The number of para-hydroxylation sites is 1. The normalized spacial score (nSPS) is 11.1. The summed E-state index contributed by atoms with van der Waals surface area (Å²) >= 11 is 6.19. The van der Waals surface area contributed by atoms with Crippen LogP contribution in [0.25, 0.3) is 22.2 Å². The molecule has 1 aromatic heterocycles. The first-order valence-electron chi connectivity index (χ1n) is 9.68. The average molecular weight is 406 g/mol. The highest BCUT2D eigenvalue weighted by Crippen LogP contribution is 2.37. The molecule has 29 heavy (non-hydrogen) atoms. The van der Waals surface area contributed by atoms with Gasteiger partial charge in [0.25, 0.3) is 0 Å². The van der Waals surface area contributed by atoms with Gasteiger partial charge in [-0.3, -0.25) is 0 Å². The van der Waals surface area contributed by atoms with Crippen LogP contribution in [-0.2, 0) is 13.5 Å². The van der Waals surface area contributed by atoms with Crippen molar-refractivity contribution in [2.75, 3.05) is 12.4 Å². The summed E-state index contributed by atoms with van der Waals surface area (Å²) in [6, 6.07) is 18.5. The molecule has 0 spiro atoms. The third-order valence-corrected chi connectivity index (χ3v) is 5.52. The third kappa shape index (κ3) is 3.45. The van der Waals surface area contributed by atoms with Gasteiger partial charge in [0.15, 0.2) is 0 Å². The maximum Gasteiger partial charge on any atom is 0.208 e. The first-order valence-corrected chi connectivity index (χ1v) is 10.1. The maximum atomic E-state index is 6.19. The summed E-state index contributed by atoms with van der Waals surface area (Å²) in [7, 11) is 3.68. The van der Waals surface area contributed by atoms with Crippen LogP contribution in [-0.4, -0.2) is 16.7 Å². The molecule has 1 N–H and O–H groups in total. The fourth-order valence-electron chi connectivity index (χ4n) is 3.83. The van der Waals surface area contributed by atoms with Gasteiger partial charge < -0.3 is 14.6 Å². The quantitative estimate of drug-likeness (QED) is 0.411. The van der Waals surface area contributed by atoms with Gasteiger partial charge in [0, 0.05) is 23.7 Å². The molecule has 4 nitrogen and oxygen atoms in total. The third-order valence-electron chi connectivity index (χ3n) is 5.30. The van der Waals surface area contributed by atoms with Crippen molar-refractivity contribution in [3.8, 4) is 16.9 Å². The van der Waals surface area contributed by atoms with Crippen molar-refractivity contribution in [1.82, 2.24) is 9.55 Å². The fourth-order valence-corrected chi connectivity index (χ4v) is 4.10. The molecule has 4 aromatic rings. The second kappa shape index (κ2) is 7.80. The lowest BCUT2D eigenvalue weighted by Crippen LogP contribution is -2.03. The Morgan fingerprint density at radius 1 is 1.07 bits per heavy atom. The molecule has 0 unspecified atom stereocenters. The van der Waals surface area contributed by atoms with Gasteiger partial charge >= 0.3 is 0 Å². The van der Waals surface area contributed by atoms with E-state index in [4.69, 9.17) is 21.3 Å². The molecule has 0 fully saturated rings. The van der Waals surface area contributed by atoms with Crippen molar-refractivity contribution >= 4 is 34.3 Å². The predicted molar refractivity (Wildman–Crippen MR) is 122 cm³/mol. The van der Waals surface area contributed by atoms with Crippen LogP contribution in [0.15, 0.2) is 54.6 Å². The van der Waals surface area contributed by atoms with Crippen molar-refractivity contribution in [2.45, 2.75) is 20.3 Å². The van der Waals surface area contributed by atoms with Gasteiger partial charge in [-0.1, -0.05) is 54.9 Å². The highest BCUT2D eigenvalue weighted by atomic mass is 35.5. The molecule has 4 rings (SSSR count). The minimum Gasteiger partial charge on any atom is -0.495 e. The van der Waals surface area contributed by atoms with Crippen LogP contribution in [0, 0.1) is 6.92 Å². The molecule has 0 bridgehead atoms. The summed E-state index contributed by atoms with van der Waals surface area (Å²) in [6.07, 6.45) is 0.983. The molecule has 0 saturated heterocycles. The standard InChI is InChI=1S/C24H24ClN3O/c1-5-16-9-6-7-10-18(16)19-11-8-12-20-23(19)28(3)24(26-20)27-22-15(2)13-17(25)14-21(22)29-4/h6-14H,5H2,1-4H3,(H,26,27). The van der Waals surface area contributed by atoms with Gasteiger partial charge in [-0.05, 0) is 42.2 Å². The largest absolute Gasteiger partial charge is 0.495 e. The molecule has 0 radical (unpaired) electrons. The number of methoxy groups -OCH3 is 1. The molecule has 3 aromatic carbocycles. The number of benzene rings is 3. The van der Waals surface area contributed by atoms with E-state index in [0.717, 1.165) is 34.7 Å². The van der Waals surface area contributed by atoms with Crippen LogP contribution < -0.4 is 10.1 Å². The minimum absolute atomic E-state index is 0.647. The molecule has 0 amide bonds. The highest BCUT2D eigenvalue weighted by Gasteiger charge is 2.17. The second-order valence-electron chi connectivity index (χ2n) is 7.10. The highest BCUT2D eigenvalue weighted by molar-refractivity contribution is 6.31. The number of anilines is 2. The number of hydrogen-bond acceptors (Lipinski definition) is 3. The average Bonchev–Trinajstić information content (AvgIpc) is 3.05. The van der Waals surface area contributed by atoms with E-state index >= 15 is 0 Å². The lowest BCUT2D eigenvalue weighted by Gasteiger charge is -2.15. The summed E-state index contributed by atoms with van der Waals surface area (Å²) in [5.41, 5.74) is 7.67. The number of nitrogens with one attached hydrogen (secondary N) is 1. The number of imidazole rings is 1. The first kappa shape index (κ1) is 19.3. The van der Waals surface area contributed by atoms with Gasteiger partial charge in [0.05, 0.1) is 23.8 Å². The van der Waals surface area contributed by atoms with E-state index in [1.807, 2.05) is 32.2 Å². The smallest absolute Gasteiger partial charge is 0.208 e. The van der Waals surface area contributed by atoms with Gasteiger partial charge in [-0.25, -0.2) is 4.98 Å². The predicted octanol–water partition coefficient (Wildman–Crippen LogP) is 6.52. The molecule has 0 atom stereocenters. The van der Waals surface area contributed by atoms with Crippen molar-refractivity contribution < 1.29 is 4.74 Å². The topological polar surface area (TPSA) is 39.1 Å². The van der Waals surface area contributed by atoms with Crippen LogP contribution in [0.5, 0.6) is 5.75 Å². The minimum atomic E-state index is 0.647. The Labute approximate surface area is 176 Å². The Bertz CT molecular complexity index is 1200. The summed E-state index contributed by atoms with van der Waals surface area (Å²) < 4.78 is 7.63. The first-order chi connectivity index (χ1) is 14.0. The van der Waals surface area contributed by atoms with Crippen LogP contribution in [0.4, 0.5) is 11.6 Å². The van der Waals surface area contributed by atoms with Crippen LogP contribution >= 0.6 is 11.6 Å². The Balaban J connectivity index is 1.87. The molecular weight excluding hydrogens is 382 g/mol. The number of rotatable bonds is 5. The summed E-state index contributed by atoms with van der Waals surface area (Å²) in [4.78, 5) is 4.85. The van der Waals surface area contributed by atoms with E-state index in [9.17, 15) is 0 Å². The van der Waals surface area contributed by atoms with Crippen molar-refractivity contribution in [3.05, 3.63) is 70.7 Å². The molecular formula is C24H24ClN3O. The Hall–Kier alpha value is -2.98. The molecule has 1 heterocycles. The Kier molecular flexibility index (Phi) is 5.20. The van der Waals surface area contributed by atoms with Gasteiger partial charge in [0.1, 0.15) is 5.75 Å². The van der Waals surface area contributed by atoms with Crippen molar-refractivity contribution in [2.24, 2.45) is 7.05 Å². The second-order valence-corrected chi connectivity index (χ2v) is 7.54. The van der Waals surface area contributed by atoms with E-state index in [2.05, 4.69) is 53.2 Å². The zero-order valence-electron chi connectivity index (χ0n) is 17.1. The van der Waals surface area contributed by atoms with Crippen LogP contribution in [0.3, 0.4) is 0 Å². The molecule has 5 heteroatoms. The number of hydrogen-bond donors (Lipinski definition) is 1. The summed E-state index contributed by atoms with van der Waals surface area (Å²) in [5, 5.41) is 4.10. The summed E-state index contributed by atoms with van der Waals surface area (Å²) in [6.45, 7) is 4.19. The summed E-state index contributed by atoms with van der Waals surface area (Å²) in [5.74, 6) is 1.45. The fraction of sp³-hybridized carbons (Fsp3) is 0.208. The number of aryl methyl sites for hydroxylation is 3. The van der Waals surface area contributed by atoms with E-state index in [1.165, 1.54) is 16.7 Å². The number of fused-ring (bicyclic) bond motifs is 1. The Morgan fingerprint density at radius 3 is 2.59 bits per heavy atom. The number of ether oxygens (including phenoxy) is 1. The lowest BCUT2D eigenvalue weighted by atomic mass is 9.97. The van der Waals surface area contributed by atoms with Crippen LogP contribution in [0.2, 0.25) is 5.02 Å². The molecule has 0 aliphatic heterocycles. The Morgan fingerprint density at radius 2 is 1.83 bits per heavy atom. The molecule has 0 aliphatic rings. The van der Waals surface area contributed by atoms with E-state index in [1.54, 1.807) is 7.11 Å². The molecule has 148 valence electrons. The number of halogens is 1. The van der Waals surface area contributed by atoms with Crippen LogP contribution in [0.1, 0.15) is 18.1 Å². The van der Waals surface area contributed by atoms with Crippen molar-refractivity contribution in [3.63, 3.8) is 0 Å². The zero-order chi connectivity index (χ0) is 20.5. The number of aromatic nitrogens is 2. The SMILES string of the molecule is CCc1ccccc1-c1cccc2nc(Nc3c(C)cc(Cl)cc3OC)n(C)c12. The molecule has 0 saturated carbocycles. The maximum absolute atomic E-state index is 6.19. The molecule has 0 aliphatic carbocycles. The zero-order valence-corrected chi connectivity index (χ0v) is 17.8. The van der Waals surface area contributed by atoms with E-state index in [-0.39, 0.29) is 0 Å². The van der Waals surface area contributed by atoms with Gasteiger partial charge in [-0.2, -0.15) is 0 Å². The number of nitrogens with zero attached hydrogens (tertiary/aromatic N) is 2. The monoisotopic (exact) mass is 405 g/mol. The van der Waals surface area contributed by atoms with E-state index in [0.29, 0.717) is 10.8 Å². The lowest BCUT2D eigenvalue weighted by molar-refractivity contribution is 0.416. The van der Waals surface area contributed by atoms with Gasteiger partial charge in [0.2, 0.25) is 5.95 Å². The van der Waals surface area contributed by atoms with Gasteiger partial charge in [-0.15, -0.1) is 0 Å². The van der Waals surface area contributed by atoms with Crippen molar-refractivity contribution in [1.29, 1.82) is 0 Å².